The third-order valence-corrected chi connectivity index (χ3v) is 5.57. The van der Waals surface area contributed by atoms with E-state index in [2.05, 4.69) is 4.98 Å². The Kier molecular flexibility index (Phi) is 4.66. The summed E-state index contributed by atoms with van der Waals surface area (Å²) >= 11 is 0. The number of rotatable bonds is 3. The highest BCUT2D eigenvalue weighted by atomic mass is 16.5. The van der Waals surface area contributed by atoms with Crippen LogP contribution in [-0.4, -0.2) is 57.9 Å². The van der Waals surface area contributed by atoms with Crippen molar-refractivity contribution in [3.05, 3.63) is 66.0 Å². The Morgan fingerprint density at radius 2 is 2.00 bits per heavy atom. The van der Waals surface area contributed by atoms with Gasteiger partial charge in [-0.1, -0.05) is 36.4 Å². The molecule has 2 aliphatic heterocycles. The van der Waals surface area contributed by atoms with Gasteiger partial charge in [-0.25, -0.2) is 0 Å². The fourth-order valence-corrected chi connectivity index (χ4v) is 3.91. The summed E-state index contributed by atoms with van der Waals surface area (Å²) < 4.78 is 5.94. The molecule has 0 saturated carbocycles. The quantitative estimate of drug-likeness (QED) is 0.836. The Morgan fingerprint density at radius 3 is 2.74 bits per heavy atom. The lowest BCUT2D eigenvalue weighted by atomic mass is 9.85. The van der Waals surface area contributed by atoms with Crippen molar-refractivity contribution in [2.75, 3.05) is 19.7 Å². The molecule has 2 aromatic rings. The maximum absolute atomic E-state index is 12.8. The maximum Gasteiger partial charge on any atom is 0.272 e. The summed E-state index contributed by atoms with van der Waals surface area (Å²) in [5.74, 6) is -0.135. The molecule has 27 heavy (non-hydrogen) atoms. The van der Waals surface area contributed by atoms with E-state index >= 15 is 0 Å². The minimum absolute atomic E-state index is 0.0338. The number of carbonyl (C=O) groups excluding carboxylic acids is 2. The fraction of sp³-hybridized carbons (Fsp3) is 0.381. The number of amides is 2. The molecule has 1 aromatic carbocycles. The molecule has 0 N–H and O–H groups in total. The third kappa shape index (κ3) is 3.45. The zero-order chi connectivity index (χ0) is 18.9. The Morgan fingerprint density at radius 1 is 1.22 bits per heavy atom. The van der Waals surface area contributed by atoms with Gasteiger partial charge < -0.3 is 14.5 Å². The average molecular weight is 365 g/mol. The smallest absolute Gasteiger partial charge is 0.272 e. The molecule has 2 fully saturated rings. The molecule has 3 heterocycles. The van der Waals surface area contributed by atoms with Crippen molar-refractivity contribution in [1.29, 1.82) is 0 Å². The van der Waals surface area contributed by atoms with Crippen LogP contribution in [0, 0.1) is 0 Å². The fourth-order valence-electron chi connectivity index (χ4n) is 3.91. The van der Waals surface area contributed by atoms with E-state index in [1.807, 2.05) is 48.2 Å². The van der Waals surface area contributed by atoms with Gasteiger partial charge in [0.25, 0.3) is 5.91 Å². The first-order valence-corrected chi connectivity index (χ1v) is 9.24. The van der Waals surface area contributed by atoms with Crippen LogP contribution in [0.25, 0.3) is 0 Å². The molecule has 0 aliphatic carbocycles. The third-order valence-electron chi connectivity index (χ3n) is 5.57. The van der Waals surface area contributed by atoms with Crippen molar-refractivity contribution in [1.82, 2.24) is 14.8 Å². The van der Waals surface area contributed by atoms with Gasteiger partial charge in [0.1, 0.15) is 12.3 Å². The number of piperidine rings is 1. The first-order valence-electron chi connectivity index (χ1n) is 9.24. The number of carbonyl (C=O) groups is 2. The van der Waals surface area contributed by atoms with Crippen molar-refractivity contribution >= 4 is 11.8 Å². The van der Waals surface area contributed by atoms with E-state index in [9.17, 15) is 9.59 Å². The van der Waals surface area contributed by atoms with Crippen LogP contribution >= 0.6 is 0 Å². The minimum Gasteiger partial charge on any atom is -0.363 e. The molecule has 0 radical (unpaired) electrons. The molecule has 4 rings (SSSR count). The average Bonchev–Trinajstić information content (AvgIpc) is 2.71. The van der Waals surface area contributed by atoms with E-state index in [-0.39, 0.29) is 24.5 Å². The van der Waals surface area contributed by atoms with Gasteiger partial charge in [0.2, 0.25) is 5.91 Å². The number of likely N-dealkylation sites (tertiary alicyclic amines) is 1. The number of nitrogens with zero attached hydrogens (tertiary/aromatic N) is 3. The van der Waals surface area contributed by atoms with Gasteiger partial charge in [0.05, 0.1) is 11.6 Å². The van der Waals surface area contributed by atoms with Crippen LogP contribution in [0.3, 0.4) is 0 Å². The highest BCUT2D eigenvalue weighted by molar-refractivity contribution is 5.92. The van der Waals surface area contributed by atoms with Crippen LogP contribution in [-0.2, 0) is 16.1 Å². The minimum atomic E-state index is -0.441. The lowest BCUT2D eigenvalue weighted by molar-refractivity contribution is -0.186. The van der Waals surface area contributed by atoms with Crippen LogP contribution in [0.5, 0.6) is 0 Å². The van der Waals surface area contributed by atoms with Crippen LogP contribution in [0.2, 0.25) is 0 Å². The lowest BCUT2D eigenvalue weighted by Crippen LogP contribution is -2.67. The summed E-state index contributed by atoms with van der Waals surface area (Å²) in [7, 11) is 0. The number of ether oxygens (including phenoxy) is 1. The summed E-state index contributed by atoms with van der Waals surface area (Å²) in [4.78, 5) is 33.3. The van der Waals surface area contributed by atoms with Crippen LogP contribution in [0.15, 0.2) is 54.7 Å². The molecule has 0 unspecified atom stereocenters. The summed E-state index contributed by atoms with van der Waals surface area (Å²) in [6.45, 7) is 3.70. The summed E-state index contributed by atoms with van der Waals surface area (Å²) in [6.07, 6.45) is 2.31. The Bertz CT molecular complexity index is 827. The molecular weight excluding hydrogens is 342 g/mol. The highest BCUT2D eigenvalue weighted by Gasteiger charge is 2.49. The summed E-state index contributed by atoms with van der Waals surface area (Å²) in [6, 6.07) is 15.1. The van der Waals surface area contributed by atoms with Gasteiger partial charge in [-0.15, -0.1) is 0 Å². The summed E-state index contributed by atoms with van der Waals surface area (Å²) in [5, 5.41) is 0. The maximum atomic E-state index is 12.8. The van der Waals surface area contributed by atoms with Crippen LogP contribution in [0.4, 0.5) is 0 Å². The van der Waals surface area contributed by atoms with E-state index in [1.54, 1.807) is 23.2 Å². The molecule has 6 heteroatoms. The molecule has 0 bridgehead atoms. The SMILES string of the molecule is C[C@@]12CCN(C(=O)c3ccccn3)C[C@H]1N(Cc1ccccc1)C(=O)CO2. The predicted octanol–water partition coefficient (Wildman–Crippen LogP) is 2.11. The van der Waals surface area contributed by atoms with Crippen LogP contribution in [0.1, 0.15) is 29.4 Å². The molecule has 2 amide bonds. The van der Waals surface area contributed by atoms with Gasteiger partial charge in [-0.3, -0.25) is 14.6 Å². The number of aromatic nitrogens is 1. The van der Waals surface area contributed by atoms with E-state index in [0.717, 1.165) is 5.56 Å². The van der Waals surface area contributed by atoms with Crippen molar-refractivity contribution in [3.8, 4) is 0 Å². The highest BCUT2D eigenvalue weighted by Crippen LogP contribution is 2.34. The number of hydrogen-bond donors (Lipinski definition) is 0. The Hall–Kier alpha value is -2.73. The Labute approximate surface area is 158 Å². The molecule has 140 valence electrons. The van der Waals surface area contributed by atoms with Crippen molar-refractivity contribution in [2.45, 2.75) is 31.5 Å². The van der Waals surface area contributed by atoms with Gasteiger partial charge >= 0.3 is 0 Å². The topological polar surface area (TPSA) is 62.7 Å². The number of morpholine rings is 1. The van der Waals surface area contributed by atoms with E-state index in [4.69, 9.17) is 4.74 Å². The number of fused-ring (bicyclic) bond motifs is 1. The molecule has 2 atom stereocenters. The molecule has 1 aromatic heterocycles. The largest absolute Gasteiger partial charge is 0.363 e. The first kappa shape index (κ1) is 17.7. The second-order valence-corrected chi connectivity index (χ2v) is 7.34. The van der Waals surface area contributed by atoms with Crippen LogP contribution < -0.4 is 0 Å². The number of hydrogen-bond acceptors (Lipinski definition) is 4. The Balaban J connectivity index is 1.58. The predicted molar refractivity (Wildman–Crippen MR) is 99.9 cm³/mol. The van der Waals surface area contributed by atoms with Gasteiger partial charge in [0, 0.05) is 25.8 Å². The first-order chi connectivity index (χ1) is 13.1. The van der Waals surface area contributed by atoms with Crippen molar-refractivity contribution in [3.63, 3.8) is 0 Å². The summed E-state index contributed by atoms with van der Waals surface area (Å²) in [5.41, 5.74) is 1.06. The monoisotopic (exact) mass is 365 g/mol. The van der Waals surface area contributed by atoms with E-state index < -0.39 is 5.60 Å². The lowest BCUT2D eigenvalue weighted by Gasteiger charge is -2.52. The molecule has 6 nitrogen and oxygen atoms in total. The van der Waals surface area contributed by atoms with E-state index in [0.29, 0.717) is 31.7 Å². The number of pyridine rings is 1. The van der Waals surface area contributed by atoms with Crippen molar-refractivity contribution in [2.24, 2.45) is 0 Å². The molecule has 2 aliphatic rings. The molecule has 0 spiro atoms. The normalized spacial score (nSPS) is 25.2. The second kappa shape index (κ2) is 7.12. The van der Waals surface area contributed by atoms with E-state index in [1.165, 1.54) is 0 Å². The van der Waals surface area contributed by atoms with Gasteiger partial charge in [0.15, 0.2) is 0 Å². The van der Waals surface area contributed by atoms with Gasteiger partial charge in [-0.05, 0) is 31.0 Å². The molecular formula is C21H23N3O3. The van der Waals surface area contributed by atoms with Gasteiger partial charge in [-0.2, -0.15) is 0 Å². The number of benzene rings is 1. The zero-order valence-corrected chi connectivity index (χ0v) is 15.4. The molecule has 2 saturated heterocycles. The zero-order valence-electron chi connectivity index (χ0n) is 15.4. The second-order valence-electron chi connectivity index (χ2n) is 7.34. The van der Waals surface area contributed by atoms with Crippen molar-refractivity contribution < 1.29 is 14.3 Å². The standard InChI is InChI=1S/C21H23N3O3/c1-21-10-12-23(20(26)17-9-5-6-11-22-17)14-18(21)24(19(25)15-27-21)13-16-7-3-2-4-8-16/h2-9,11,18H,10,12-15H2,1H3/t18-,21-/m1/s1.